The lowest BCUT2D eigenvalue weighted by molar-refractivity contribution is -0.192. The number of piperidine rings is 1. The highest BCUT2D eigenvalue weighted by Gasteiger charge is 2.38. The van der Waals surface area contributed by atoms with E-state index in [1.165, 1.54) is 46.2 Å². The van der Waals surface area contributed by atoms with Gasteiger partial charge in [0, 0.05) is 32.2 Å². The summed E-state index contributed by atoms with van der Waals surface area (Å²) in [5, 5.41) is 14.5. The number of carbonyl (C=O) groups is 1. The lowest BCUT2D eigenvalue weighted by atomic mass is 9.97. The molecule has 1 fully saturated rings. The number of alkyl halides is 3. The van der Waals surface area contributed by atoms with Crippen LogP contribution in [0.25, 0.3) is 11.1 Å². The number of aliphatic carboxylic acids is 1. The third-order valence-electron chi connectivity index (χ3n) is 8.04. The summed E-state index contributed by atoms with van der Waals surface area (Å²) in [7, 11) is 0. The van der Waals surface area contributed by atoms with E-state index in [0.29, 0.717) is 12.8 Å². The van der Waals surface area contributed by atoms with Crippen molar-refractivity contribution in [3.8, 4) is 22.6 Å². The van der Waals surface area contributed by atoms with Crippen LogP contribution in [0.2, 0.25) is 0 Å². The van der Waals surface area contributed by atoms with E-state index in [2.05, 4.69) is 107 Å². The molecule has 4 aromatic carbocycles. The number of fused-ring (bicyclic) bond motifs is 1. The molecule has 46 heavy (non-hydrogen) atoms. The minimum atomic E-state index is -5.08. The van der Waals surface area contributed by atoms with E-state index in [4.69, 9.17) is 19.4 Å². The van der Waals surface area contributed by atoms with Crippen molar-refractivity contribution in [1.29, 1.82) is 0 Å². The first-order valence-electron chi connectivity index (χ1n) is 15.3. The molecule has 0 aliphatic carbocycles. The number of ether oxygens (including phenoxy) is 2. The Morgan fingerprint density at radius 3 is 2.13 bits per heavy atom. The third-order valence-corrected chi connectivity index (χ3v) is 8.04. The predicted octanol–water partition coefficient (Wildman–Crippen LogP) is 6.76. The molecule has 0 saturated carbocycles. The molecule has 10 heteroatoms. The number of hydrogen-bond donors (Lipinski definition) is 3. The summed E-state index contributed by atoms with van der Waals surface area (Å²) in [5.74, 6) is -1.10. The Balaban J connectivity index is 0.000000537. The largest absolute Gasteiger partial charge is 0.490 e. The number of hydrogen-bond acceptors (Lipinski definition) is 6. The number of nitrogens with zero attached hydrogens (tertiary/aromatic N) is 1. The quantitative estimate of drug-likeness (QED) is 0.178. The first-order valence-corrected chi connectivity index (χ1v) is 15.3. The molecule has 2 aliphatic heterocycles. The maximum absolute atomic E-state index is 10.6. The van der Waals surface area contributed by atoms with E-state index in [1.807, 2.05) is 6.07 Å². The first-order chi connectivity index (χ1) is 22.2. The smallest absolute Gasteiger partial charge is 0.475 e. The van der Waals surface area contributed by atoms with Crippen LogP contribution in [-0.2, 0) is 31.0 Å². The van der Waals surface area contributed by atoms with Crippen molar-refractivity contribution in [2.24, 2.45) is 0 Å². The molecule has 0 unspecified atom stereocenters. The molecule has 6 rings (SSSR count). The van der Waals surface area contributed by atoms with Crippen LogP contribution < -0.4 is 20.1 Å². The van der Waals surface area contributed by atoms with Gasteiger partial charge in [-0.15, -0.1) is 0 Å². The van der Waals surface area contributed by atoms with Gasteiger partial charge in [-0.1, -0.05) is 84.9 Å². The minimum absolute atomic E-state index is 0.312. The molecule has 0 amide bonds. The average Bonchev–Trinajstić information content (AvgIpc) is 3.54. The zero-order valence-corrected chi connectivity index (χ0v) is 25.4. The number of halogens is 3. The highest BCUT2D eigenvalue weighted by Crippen LogP contribution is 2.32. The molecule has 7 nitrogen and oxygen atoms in total. The van der Waals surface area contributed by atoms with Crippen molar-refractivity contribution in [1.82, 2.24) is 15.5 Å². The van der Waals surface area contributed by atoms with E-state index >= 15 is 0 Å². The molecule has 2 aliphatic rings. The molecular weight excluding hydrogens is 595 g/mol. The van der Waals surface area contributed by atoms with E-state index in [-0.39, 0.29) is 0 Å². The van der Waals surface area contributed by atoms with Crippen LogP contribution in [0.15, 0.2) is 97.1 Å². The maximum Gasteiger partial charge on any atom is 0.490 e. The SMILES string of the molecule is O=C(O)C(F)(F)F.c1ccc(CN2CCC(NCc3ccccc3-c3ccc(CNCc4ccc5c(c4)OCO5)cc3)CC2)cc1. The van der Waals surface area contributed by atoms with Crippen molar-refractivity contribution in [2.45, 2.75) is 51.2 Å². The number of likely N-dealkylation sites (tertiary alicyclic amines) is 1. The third kappa shape index (κ3) is 9.56. The van der Waals surface area contributed by atoms with Gasteiger partial charge in [0.15, 0.2) is 11.5 Å². The van der Waals surface area contributed by atoms with Gasteiger partial charge in [0.25, 0.3) is 0 Å². The van der Waals surface area contributed by atoms with Gasteiger partial charge >= 0.3 is 12.1 Å². The maximum atomic E-state index is 10.6. The summed E-state index contributed by atoms with van der Waals surface area (Å²) in [6.07, 6.45) is -2.69. The lowest BCUT2D eigenvalue weighted by Crippen LogP contribution is -2.41. The minimum Gasteiger partial charge on any atom is -0.475 e. The van der Waals surface area contributed by atoms with Gasteiger partial charge in [-0.2, -0.15) is 13.2 Å². The second-order valence-corrected chi connectivity index (χ2v) is 11.4. The fourth-order valence-electron chi connectivity index (χ4n) is 5.55. The van der Waals surface area contributed by atoms with Crippen LogP contribution in [0.1, 0.15) is 35.1 Å². The van der Waals surface area contributed by atoms with Crippen LogP contribution >= 0.6 is 0 Å². The number of carboxylic acids is 1. The molecule has 2 heterocycles. The van der Waals surface area contributed by atoms with Gasteiger partial charge < -0.3 is 25.2 Å². The summed E-state index contributed by atoms with van der Waals surface area (Å²) >= 11 is 0. The topological polar surface area (TPSA) is 83.1 Å². The van der Waals surface area contributed by atoms with Gasteiger partial charge in [0.1, 0.15) is 0 Å². The Labute approximate surface area is 267 Å². The van der Waals surface area contributed by atoms with E-state index in [9.17, 15) is 13.2 Å². The Morgan fingerprint density at radius 1 is 0.783 bits per heavy atom. The van der Waals surface area contributed by atoms with Crippen LogP contribution in [-0.4, -0.2) is 48.1 Å². The van der Waals surface area contributed by atoms with Crippen LogP contribution in [0, 0.1) is 0 Å². The molecule has 0 atom stereocenters. The van der Waals surface area contributed by atoms with Crippen molar-refractivity contribution < 1.29 is 32.5 Å². The highest BCUT2D eigenvalue weighted by molar-refractivity contribution is 5.73. The highest BCUT2D eigenvalue weighted by atomic mass is 19.4. The fourth-order valence-corrected chi connectivity index (χ4v) is 5.55. The Hall–Kier alpha value is -4.38. The number of nitrogens with one attached hydrogen (secondary N) is 2. The molecule has 0 radical (unpaired) electrons. The van der Waals surface area contributed by atoms with Crippen LogP contribution in [0.4, 0.5) is 13.2 Å². The summed E-state index contributed by atoms with van der Waals surface area (Å²) < 4.78 is 42.6. The number of carboxylic acid groups (broad SMARTS) is 1. The Morgan fingerprint density at radius 2 is 1.41 bits per heavy atom. The normalized spacial score (nSPS) is 14.8. The number of rotatable bonds is 10. The fraction of sp³-hybridized carbons (Fsp3) is 0.306. The van der Waals surface area contributed by atoms with Gasteiger partial charge in [-0.05, 0) is 71.4 Å². The van der Waals surface area contributed by atoms with E-state index in [1.54, 1.807) is 0 Å². The van der Waals surface area contributed by atoms with Gasteiger partial charge in [-0.25, -0.2) is 4.79 Å². The molecule has 242 valence electrons. The first kappa shape index (κ1) is 33.0. The van der Waals surface area contributed by atoms with Crippen molar-refractivity contribution in [3.05, 3.63) is 119 Å². The summed E-state index contributed by atoms with van der Waals surface area (Å²) in [6, 6.07) is 35.3. The van der Waals surface area contributed by atoms with Gasteiger partial charge in [0.05, 0.1) is 0 Å². The Bertz CT molecular complexity index is 1560. The van der Waals surface area contributed by atoms with Crippen LogP contribution in [0.3, 0.4) is 0 Å². The monoisotopic (exact) mass is 633 g/mol. The zero-order chi connectivity index (χ0) is 32.4. The molecule has 0 bridgehead atoms. The molecule has 4 aromatic rings. The van der Waals surface area contributed by atoms with Gasteiger partial charge in [-0.3, -0.25) is 4.90 Å². The second-order valence-electron chi connectivity index (χ2n) is 11.4. The summed E-state index contributed by atoms with van der Waals surface area (Å²) in [5.41, 5.74) is 7.81. The average molecular weight is 634 g/mol. The van der Waals surface area contributed by atoms with Crippen LogP contribution in [0.5, 0.6) is 11.5 Å². The summed E-state index contributed by atoms with van der Waals surface area (Å²) in [6.45, 7) is 6.18. The zero-order valence-electron chi connectivity index (χ0n) is 25.4. The van der Waals surface area contributed by atoms with Crippen molar-refractivity contribution in [2.75, 3.05) is 19.9 Å². The van der Waals surface area contributed by atoms with Crippen molar-refractivity contribution in [3.63, 3.8) is 0 Å². The standard InChI is InChI=1S/C34H37N3O2.C2HF3O2/c1-2-6-27(7-3-1)24-37-18-16-31(17-19-37)36-23-30-8-4-5-9-32(30)29-13-10-26(11-14-29)21-35-22-28-12-15-33-34(20-28)39-25-38-33;3-2(4,5)1(6)7/h1-15,20,31,35-36H,16-19,21-25H2;(H,6,7). The van der Waals surface area contributed by atoms with E-state index < -0.39 is 12.1 Å². The molecular formula is C36H38F3N3O4. The molecule has 3 N–H and O–H groups in total. The Kier molecular flexibility index (Phi) is 11.3. The molecule has 0 aromatic heterocycles. The second kappa shape index (κ2) is 15.8. The molecule has 0 spiro atoms. The number of benzene rings is 4. The van der Waals surface area contributed by atoms with Crippen molar-refractivity contribution >= 4 is 5.97 Å². The predicted molar refractivity (Wildman–Crippen MR) is 170 cm³/mol. The molecule has 1 saturated heterocycles. The van der Waals surface area contributed by atoms with Gasteiger partial charge in [0.2, 0.25) is 6.79 Å². The summed E-state index contributed by atoms with van der Waals surface area (Å²) in [4.78, 5) is 11.5. The lowest BCUT2D eigenvalue weighted by Gasteiger charge is -2.32. The van der Waals surface area contributed by atoms with E-state index in [0.717, 1.165) is 50.8 Å².